The van der Waals surface area contributed by atoms with Gasteiger partial charge in [-0.1, -0.05) is 248 Å². The van der Waals surface area contributed by atoms with Crippen LogP contribution in [-0.4, -0.2) is 161 Å². The van der Waals surface area contributed by atoms with Gasteiger partial charge >= 0.3 is 26.0 Å². The highest BCUT2D eigenvalue weighted by Gasteiger charge is 2.24. The van der Waals surface area contributed by atoms with Crippen molar-refractivity contribution in [2.24, 2.45) is 5.73 Å². The molecule has 2 aliphatic rings. The van der Waals surface area contributed by atoms with Crippen molar-refractivity contribution in [1.29, 1.82) is 0 Å². The van der Waals surface area contributed by atoms with Crippen LogP contribution in [0, 0.1) is 0 Å². The Morgan fingerprint density at radius 1 is 0.418 bits per heavy atom. The number of ether oxygens (including phenoxy) is 3. The summed E-state index contributed by atoms with van der Waals surface area (Å²) in [5, 5.41) is 24.9. The van der Waals surface area contributed by atoms with Gasteiger partial charge in [-0.05, 0) is 201 Å². The molecule has 16 aromatic rings. The van der Waals surface area contributed by atoms with E-state index in [1.54, 1.807) is 30.5 Å². The fourth-order valence-corrected chi connectivity index (χ4v) is 16.2. The van der Waals surface area contributed by atoms with E-state index in [1.165, 1.54) is 81.3 Å². The molecule has 0 atom stereocenters. The van der Waals surface area contributed by atoms with Crippen LogP contribution in [0.4, 0.5) is 20.3 Å². The number of thioether (sulfide) groups is 2. The van der Waals surface area contributed by atoms with E-state index in [9.17, 15) is 22.8 Å². The standard InChI is InChI=1S/C26H26N4O4S.C26H26N4O2S.C25H25N5.C14H10ClN3S.C12H17BNO4.C5H11N/c1-26(2,3)34-25(31)28-15-17-10-12-19(13-11-17)22-21(18-8-6-5-7-9-18)14-20-16-27-24(35(4,32)33)30-23(20)29-22;1-26(2,3)32-25(31)28-15-17-10-12-19(13-11-17)22-21(18-8-6-5-7-9-18)14-20-16-27-24(33-4)30-23(20)29-22;26-16-18-9-11-20(12-10-18)23-22(19-7-3-1-4-8-19)15-21-17-27-25(29-24(21)28-23)30-13-5-2-6-14-30;1-19-14-16-8-10-7-11(9-5-3-2-4-6-9)12(15)17-13(10)18-14;1-12(2,3)17-11(15)14-8-9-4-6-10(7-5-9)18-13-16;1-2-4-6-5-3-1/h5-14,16H,15H2,1-4H3,(H,28,31);5-14,16H,15H2,1-4H3,(H,28,31);1,3-4,7-12,15,17H,2,5-6,13-14,16,26H2;2-8H,1H3;4-7,16H,8H2,1-3H3,(H,14,15);6H,1-5H2. The second kappa shape index (κ2) is 49.7. The number of alkyl carbamates (subject to hydrolysis) is 3. The molecular formula is C108H115BClN18O10S3. The molecule has 141 heavy (non-hydrogen) atoms. The highest BCUT2D eigenvalue weighted by atomic mass is 35.5. The minimum absolute atomic E-state index is 0.264. The maximum Gasteiger partial charge on any atom is 0.569 e. The number of fused-ring (bicyclic) bond motifs is 4. The van der Waals surface area contributed by atoms with E-state index in [0.717, 1.165) is 142 Å². The van der Waals surface area contributed by atoms with Gasteiger partial charge < -0.3 is 55.8 Å². The summed E-state index contributed by atoms with van der Waals surface area (Å²) < 4.78 is 44.4. The number of amides is 3. The molecule has 2 saturated heterocycles. The zero-order chi connectivity index (χ0) is 100. The number of carbonyl (C=O) groups is 3. The number of carbonyl (C=O) groups excluding carboxylic acids is 3. The van der Waals surface area contributed by atoms with Gasteiger partial charge in [0.05, 0.1) is 22.8 Å². The fraction of sp³-hybridized carbons (Fsp3) is 0.269. The van der Waals surface area contributed by atoms with E-state index in [0.29, 0.717) is 83.1 Å². The summed E-state index contributed by atoms with van der Waals surface area (Å²) in [6, 6.07) is 79.3. The molecule has 0 saturated carbocycles. The molecule has 725 valence electrons. The number of hydrogen-bond acceptors (Lipinski definition) is 27. The molecule has 8 aromatic carbocycles. The Bertz CT molecular complexity index is 6990. The van der Waals surface area contributed by atoms with E-state index in [2.05, 4.69) is 139 Å². The SMILES string of the molecule is C1CCNCC1.CC(C)(C)OC(=O)NCc1ccc(-c2nc3nc(S(C)(=O)=O)ncc3cc2-c2ccccc2)cc1.CC(C)(C)OC(=O)NCc1ccc(O[B]O)cc1.CSc1ncc2cc(-c3ccccc3)c(-c3ccc(CNC(=O)OC(C)(C)C)cc3)nc2n1.CSc1ncc2cc(-c3ccccc3)c(Cl)nc2n1.NCc1ccc(-c2nc3nc(N4CCCCC4)ncc3cc2-c2ccccc2)cc1. The van der Waals surface area contributed by atoms with Gasteiger partial charge in [0.1, 0.15) is 22.0 Å². The molecule has 1 radical (unpaired) electrons. The summed E-state index contributed by atoms with van der Waals surface area (Å²) in [7, 11) is -2.95. The zero-order valence-electron chi connectivity index (χ0n) is 81.0. The van der Waals surface area contributed by atoms with Crippen LogP contribution in [0.2, 0.25) is 5.15 Å². The Labute approximate surface area is 836 Å². The lowest BCUT2D eigenvalue weighted by molar-refractivity contribution is 0.0512. The second-order valence-electron chi connectivity index (χ2n) is 36.0. The third-order valence-electron chi connectivity index (χ3n) is 21.6. The van der Waals surface area contributed by atoms with Crippen molar-refractivity contribution in [2.75, 3.05) is 49.8 Å². The largest absolute Gasteiger partial charge is 0.569 e. The number of aromatic nitrogens is 12. The smallest absolute Gasteiger partial charge is 0.537 e. The molecule has 0 bridgehead atoms. The monoisotopic (exact) mass is 1970 g/mol. The van der Waals surface area contributed by atoms with Gasteiger partial charge in [0.15, 0.2) is 32.9 Å². The van der Waals surface area contributed by atoms with E-state index >= 15 is 0 Å². The Kier molecular flexibility index (Phi) is 36.8. The average Bonchev–Trinajstić information content (AvgIpc) is 0.662. The third kappa shape index (κ3) is 31.3. The van der Waals surface area contributed by atoms with Crippen molar-refractivity contribution >= 4 is 121 Å². The molecular weight excluding hydrogens is 1850 g/mol. The summed E-state index contributed by atoms with van der Waals surface area (Å²) in [6.45, 7) is 22.5. The van der Waals surface area contributed by atoms with Gasteiger partial charge in [-0.15, -0.1) is 0 Å². The molecule has 0 unspecified atom stereocenters. The topological polar surface area (TPSA) is 375 Å². The van der Waals surface area contributed by atoms with Gasteiger partial charge in [0.25, 0.3) is 0 Å². The van der Waals surface area contributed by atoms with E-state index in [1.807, 2.05) is 233 Å². The summed E-state index contributed by atoms with van der Waals surface area (Å²) in [5.41, 5.74) is 23.8. The maximum atomic E-state index is 12.0. The van der Waals surface area contributed by atoms with Crippen LogP contribution in [0.5, 0.6) is 5.75 Å². The Balaban J connectivity index is 0.000000149. The first-order chi connectivity index (χ1) is 67.8. The molecule has 28 nitrogen and oxygen atoms in total. The average molecular weight is 1970 g/mol. The lowest BCUT2D eigenvalue weighted by Crippen LogP contribution is -2.32. The van der Waals surface area contributed by atoms with Gasteiger partial charge in [0.2, 0.25) is 20.9 Å². The van der Waals surface area contributed by atoms with Crippen LogP contribution in [-0.2, 0) is 50.2 Å². The Morgan fingerprint density at radius 2 is 0.752 bits per heavy atom. The fourth-order valence-electron chi connectivity index (χ4n) is 14.8. The van der Waals surface area contributed by atoms with Crippen LogP contribution >= 0.6 is 35.1 Å². The molecule has 7 N–H and O–H groups in total. The molecule has 3 amide bonds. The number of pyridine rings is 4. The minimum atomic E-state index is -3.57. The highest BCUT2D eigenvalue weighted by Crippen LogP contribution is 2.39. The Hall–Kier alpha value is -14.0. The summed E-state index contributed by atoms with van der Waals surface area (Å²) >= 11 is 9.23. The first kappa shape index (κ1) is 104. The van der Waals surface area contributed by atoms with Crippen LogP contribution in [0.3, 0.4) is 0 Å². The quantitative estimate of drug-likeness (QED) is 0.0136. The predicted octanol–water partition coefficient (Wildman–Crippen LogP) is 22.1. The third-order valence-corrected chi connectivity index (χ3v) is 23.8. The van der Waals surface area contributed by atoms with E-state index in [4.69, 9.17) is 61.2 Å². The second-order valence-corrected chi connectivity index (χ2v) is 39.8. The lowest BCUT2D eigenvalue weighted by Gasteiger charge is -2.26. The molecule has 10 heterocycles. The van der Waals surface area contributed by atoms with Crippen molar-refractivity contribution in [3.8, 4) is 84.0 Å². The first-order valence-corrected chi connectivity index (χ1v) is 51.0. The first-order valence-electron chi connectivity index (χ1n) is 46.2. The number of piperidine rings is 2. The van der Waals surface area contributed by atoms with Crippen molar-refractivity contribution < 1.29 is 46.7 Å². The van der Waals surface area contributed by atoms with Gasteiger partial charge in [-0.3, -0.25) is 0 Å². The van der Waals surface area contributed by atoms with Crippen LogP contribution in [0.1, 0.15) is 123 Å². The van der Waals surface area contributed by atoms with Crippen molar-refractivity contribution in [2.45, 2.75) is 159 Å². The van der Waals surface area contributed by atoms with Gasteiger partial charge in [-0.25, -0.2) is 72.6 Å². The molecule has 33 heteroatoms. The van der Waals surface area contributed by atoms with E-state index in [-0.39, 0.29) is 5.16 Å². The van der Waals surface area contributed by atoms with Gasteiger partial charge in [-0.2, -0.15) is 9.97 Å². The van der Waals surface area contributed by atoms with E-state index < -0.39 is 44.9 Å². The number of nitrogens with one attached hydrogen (secondary N) is 4. The van der Waals surface area contributed by atoms with Crippen LogP contribution in [0.15, 0.2) is 283 Å². The minimum Gasteiger partial charge on any atom is -0.537 e. The van der Waals surface area contributed by atoms with Crippen LogP contribution < -0.4 is 36.6 Å². The summed E-state index contributed by atoms with van der Waals surface area (Å²) in [5.74, 6) is 1.31. The van der Waals surface area contributed by atoms with Crippen LogP contribution in [0.25, 0.3) is 122 Å². The van der Waals surface area contributed by atoms with Crippen molar-refractivity contribution in [1.82, 2.24) is 81.1 Å². The number of anilines is 1. The molecule has 0 spiro atoms. The molecule has 2 aliphatic heterocycles. The highest BCUT2D eigenvalue weighted by molar-refractivity contribution is 7.98. The van der Waals surface area contributed by atoms with Crippen molar-refractivity contribution in [3.05, 3.63) is 295 Å². The number of halogens is 1. The number of nitrogens with zero attached hydrogens (tertiary/aromatic N) is 13. The number of rotatable bonds is 20. The Morgan fingerprint density at radius 3 is 1.10 bits per heavy atom. The summed E-state index contributed by atoms with van der Waals surface area (Å²) in [4.78, 5) is 91.9. The van der Waals surface area contributed by atoms with Gasteiger partial charge in [0, 0.05) is 131 Å². The molecule has 0 aliphatic carbocycles. The van der Waals surface area contributed by atoms with Crippen molar-refractivity contribution in [3.63, 3.8) is 0 Å². The molecule has 8 aromatic heterocycles. The predicted molar refractivity (Wildman–Crippen MR) is 564 cm³/mol. The molecule has 18 rings (SSSR count). The summed E-state index contributed by atoms with van der Waals surface area (Å²) in [6.07, 6.45) is 18.5. The number of sulfone groups is 1. The number of nitrogens with two attached hydrogens (primary N) is 1. The zero-order valence-corrected chi connectivity index (χ0v) is 84.2. The lowest BCUT2D eigenvalue weighted by atomic mass is 9.98. The normalized spacial score (nSPS) is 12.5. The maximum absolute atomic E-state index is 12.0. The molecule has 2 fully saturated rings. The number of benzene rings is 8. The number of hydrogen-bond donors (Lipinski definition) is 6.